The van der Waals surface area contributed by atoms with Crippen LogP contribution in [0.3, 0.4) is 0 Å². The normalized spacial score (nSPS) is 15.6. The maximum absolute atomic E-state index is 6.86. The Morgan fingerprint density at radius 2 is 0.986 bits per heavy atom. The minimum atomic E-state index is -0.314. The number of benzene rings is 8. The molecule has 0 spiro atoms. The largest absolute Gasteiger partial charge is 0.456 e. The molecule has 0 aliphatic heterocycles. The Hall–Kier alpha value is -7.69. The Balaban J connectivity index is 0.913. The van der Waals surface area contributed by atoms with Crippen molar-refractivity contribution in [3.8, 4) is 44.5 Å². The van der Waals surface area contributed by atoms with Crippen LogP contribution in [0, 0.1) is 0 Å². The highest BCUT2D eigenvalue weighted by molar-refractivity contribution is 6.19. The third-order valence-corrected chi connectivity index (χ3v) is 16.7. The molecule has 0 saturated heterocycles. The van der Waals surface area contributed by atoms with E-state index in [4.69, 9.17) is 13.8 Å². The zero-order valence-electron chi connectivity index (χ0n) is 41.3. The van der Waals surface area contributed by atoms with Gasteiger partial charge in [0.25, 0.3) is 0 Å². The van der Waals surface area contributed by atoms with E-state index in [0.717, 1.165) is 56.0 Å². The average molecular weight is 907 g/mol. The quantitative estimate of drug-likeness (QED) is 0.176. The summed E-state index contributed by atoms with van der Waals surface area (Å²) in [6, 6.07) is 58.4. The van der Waals surface area contributed by atoms with Crippen molar-refractivity contribution in [2.45, 2.75) is 84.0 Å². The van der Waals surface area contributed by atoms with Crippen molar-refractivity contribution >= 4 is 61.1 Å². The lowest BCUT2D eigenvalue weighted by Gasteiger charge is -2.29. The molecule has 0 N–H and O–H groups in total. The highest BCUT2D eigenvalue weighted by Crippen LogP contribution is 2.60. The summed E-state index contributed by atoms with van der Waals surface area (Å²) in [5, 5.41) is 4.72. The van der Waals surface area contributed by atoms with Gasteiger partial charge >= 0.3 is 0 Å². The molecule has 0 radical (unpaired) electrons. The van der Waals surface area contributed by atoms with Crippen LogP contribution in [-0.2, 0) is 21.7 Å². The van der Waals surface area contributed by atoms with Gasteiger partial charge in [0, 0.05) is 60.9 Å². The molecule has 11 aromatic rings. The lowest BCUT2D eigenvalue weighted by atomic mass is 9.79. The molecule has 0 unspecified atom stereocenters. The van der Waals surface area contributed by atoms with Gasteiger partial charge in [-0.05, 0) is 156 Å². The van der Waals surface area contributed by atoms with E-state index in [1.165, 1.54) is 88.5 Å². The molecule has 4 nitrogen and oxygen atoms in total. The van der Waals surface area contributed by atoms with Gasteiger partial charge in [-0.3, -0.25) is 4.90 Å². The van der Waals surface area contributed by atoms with Crippen molar-refractivity contribution in [2.75, 3.05) is 4.90 Å². The number of hydrogen-bond donors (Lipinski definition) is 0. The van der Waals surface area contributed by atoms with E-state index >= 15 is 0 Å². The monoisotopic (exact) mass is 906 g/mol. The Morgan fingerprint density at radius 1 is 0.429 bits per heavy atom. The third-order valence-electron chi connectivity index (χ3n) is 16.7. The molecule has 14 rings (SSSR count). The first-order valence-electron chi connectivity index (χ1n) is 24.9. The summed E-state index contributed by atoms with van der Waals surface area (Å²) in [6.45, 7) is 21.2. The zero-order chi connectivity index (χ0) is 47.8. The fourth-order valence-electron chi connectivity index (χ4n) is 12.9. The van der Waals surface area contributed by atoms with Gasteiger partial charge in [-0.2, -0.15) is 0 Å². The second-order valence-corrected chi connectivity index (χ2v) is 22.7. The average Bonchev–Trinajstić information content (AvgIpc) is 4.10. The molecule has 0 saturated carbocycles. The molecule has 4 heteroatoms. The lowest BCUT2D eigenvalue weighted by Crippen LogP contribution is -2.18. The molecular formula is C66H54N2O2. The second kappa shape index (κ2) is 13.8. The van der Waals surface area contributed by atoms with Gasteiger partial charge in [-0.15, -0.1) is 0 Å². The summed E-state index contributed by atoms with van der Waals surface area (Å²) in [7, 11) is 0. The third kappa shape index (κ3) is 5.45. The van der Waals surface area contributed by atoms with Crippen LogP contribution in [0.4, 0.5) is 17.2 Å². The van der Waals surface area contributed by atoms with Crippen molar-refractivity contribution in [2.24, 2.45) is 0 Å². The minimum Gasteiger partial charge on any atom is -0.456 e. The highest BCUT2D eigenvalue weighted by atomic mass is 16.3. The molecule has 3 aliphatic carbocycles. The summed E-state index contributed by atoms with van der Waals surface area (Å²) in [6.07, 6.45) is 1.90. The Morgan fingerprint density at radius 3 is 1.69 bits per heavy atom. The predicted octanol–water partition coefficient (Wildman–Crippen LogP) is 18.2. The molecule has 3 heterocycles. The van der Waals surface area contributed by atoms with Gasteiger partial charge < -0.3 is 8.83 Å². The molecule has 0 fully saturated rings. The predicted molar refractivity (Wildman–Crippen MR) is 290 cm³/mol. The van der Waals surface area contributed by atoms with Gasteiger partial charge in [0.1, 0.15) is 28.1 Å². The van der Waals surface area contributed by atoms with Gasteiger partial charge in [0.05, 0.1) is 0 Å². The summed E-state index contributed by atoms with van der Waals surface area (Å²) in [5.41, 5.74) is 24.6. The first-order valence-corrected chi connectivity index (χ1v) is 24.9. The number of anilines is 3. The number of para-hydroxylation sites is 2. The van der Waals surface area contributed by atoms with E-state index in [1.54, 1.807) is 0 Å². The van der Waals surface area contributed by atoms with Crippen LogP contribution in [0.15, 0.2) is 173 Å². The fraction of sp³-hybridized carbons (Fsp3) is 0.197. The summed E-state index contributed by atoms with van der Waals surface area (Å²) in [4.78, 5) is 7.38. The van der Waals surface area contributed by atoms with Crippen LogP contribution >= 0.6 is 0 Å². The molecule has 0 atom stereocenters. The smallest absolute Gasteiger partial charge is 0.143 e. The van der Waals surface area contributed by atoms with E-state index in [9.17, 15) is 0 Å². The molecule has 8 aromatic carbocycles. The lowest BCUT2D eigenvalue weighted by molar-refractivity contribution is 0.590. The van der Waals surface area contributed by atoms with E-state index in [2.05, 4.69) is 219 Å². The number of hydrogen-bond acceptors (Lipinski definition) is 4. The maximum Gasteiger partial charge on any atom is 0.143 e. The number of fused-ring (bicyclic) bond motifs is 17. The van der Waals surface area contributed by atoms with Gasteiger partial charge in [0.2, 0.25) is 0 Å². The van der Waals surface area contributed by atoms with Crippen molar-refractivity contribution in [3.05, 3.63) is 203 Å². The highest BCUT2D eigenvalue weighted by Gasteiger charge is 2.44. The number of furan rings is 2. The van der Waals surface area contributed by atoms with Gasteiger partial charge in [-0.25, -0.2) is 4.98 Å². The number of nitrogens with zero attached hydrogens (tertiary/aromatic N) is 2. The minimum absolute atomic E-state index is 0.0622. The van der Waals surface area contributed by atoms with Crippen LogP contribution < -0.4 is 4.90 Å². The number of pyridine rings is 1. The zero-order valence-corrected chi connectivity index (χ0v) is 41.3. The fourth-order valence-corrected chi connectivity index (χ4v) is 12.9. The number of aromatic nitrogens is 1. The van der Waals surface area contributed by atoms with Crippen LogP contribution in [0.2, 0.25) is 0 Å². The molecule has 0 bridgehead atoms. The van der Waals surface area contributed by atoms with Crippen LogP contribution in [-0.4, -0.2) is 4.98 Å². The van der Waals surface area contributed by atoms with Crippen LogP contribution in [0.5, 0.6) is 0 Å². The Bertz CT molecular complexity index is 4060. The Labute approximate surface area is 409 Å². The van der Waals surface area contributed by atoms with E-state index in [0.29, 0.717) is 0 Å². The summed E-state index contributed by atoms with van der Waals surface area (Å²) >= 11 is 0. The van der Waals surface area contributed by atoms with Crippen LogP contribution in [0.1, 0.15) is 101 Å². The standard InChI is InChI=1S/C66H54N2O2/c1-63(2,3)38-23-21-37(22-24-38)45-34-53-58(61-44-17-11-13-19-55(44)70-62(45)61)42-28-26-40(33-50(42)66(53,8)9)68(57-20-14-15-31-67-57)39-25-27-41-46-35-52-47(36-51(46)65(6,7)49(41)32-39)59-48(64(52,4)5)29-30-56-60(59)43-16-10-12-18-54(43)69-56/h10-36H,1-9H3. The molecule has 70 heavy (non-hydrogen) atoms. The van der Waals surface area contributed by atoms with Crippen molar-refractivity contribution in [1.29, 1.82) is 0 Å². The van der Waals surface area contributed by atoms with Crippen LogP contribution in [0.25, 0.3) is 88.4 Å². The maximum atomic E-state index is 6.86. The second-order valence-electron chi connectivity index (χ2n) is 22.7. The van der Waals surface area contributed by atoms with E-state index < -0.39 is 0 Å². The Kier molecular flexibility index (Phi) is 8.12. The topological polar surface area (TPSA) is 42.4 Å². The van der Waals surface area contributed by atoms with Crippen molar-refractivity contribution in [1.82, 2.24) is 4.98 Å². The van der Waals surface area contributed by atoms with E-state index in [1.807, 2.05) is 12.3 Å². The summed E-state index contributed by atoms with van der Waals surface area (Å²) in [5.74, 6) is 0.877. The molecule has 0 amide bonds. The SMILES string of the molecule is CC(C)(C)c1ccc(-c2cc3c(c4c2oc2ccccc24)-c2ccc(N(c4ccc5c(c4)C(C)(C)c4cc6c(cc4-5)C(C)(C)c4ccc5oc7ccccc7c5c4-6)c4ccccn4)cc2C3(C)C)cc1. The van der Waals surface area contributed by atoms with Crippen molar-refractivity contribution < 1.29 is 8.83 Å². The molecule has 3 aliphatic rings. The first-order chi connectivity index (χ1) is 33.6. The molecule has 340 valence electrons. The first kappa shape index (κ1) is 41.3. The van der Waals surface area contributed by atoms with Gasteiger partial charge in [-0.1, -0.05) is 147 Å². The van der Waals surface area contributed by atoms with E-state index in [-0.39, 0.29) is 21.7 Å². The molecular weight excluding hydrogens is 853 g/mol. The number of rotatable bonds is 4. The van der Waals surface area contributed by atoms with Crippen molar-refractivity contribution in [3.63, 3.8) is 0 Å². The van der Waals surface area contributed by atoms with Gasteiger partial charge in [0.15, 0.2) is 0 Å². The summed E-state index contributed by atoms with van der Waals surface area (Å²) < 4.78 is 13.3. The molecule has 3 aromatic heterocycles.